The monoisotopic (exact) mass is 200 g/mol. The summed E-state index contributed by atoms with van der Waals surface area (Å²) in [7, 11) is 3.77. The van der Waals surface area contributed by atoms with Gasteiger partial charge in [0.2, 0.25) is 0 Å². The van der Waals surface area contributed by atoms with E-state index in [1.165, 1.54) is 11.3 Å². The second-order valence-electron chi connectivity index (χ2n) is 2.63. The van der Waals surface area contributed by atoms with Gasteiger partial charge < -0.3 is 9.64 Å². The van der Waals surface area contributed by atoms with Crippen molar-refractivity contribution >= 4 is 22.4 Å². The Morgan fingerprint density at radius 3 is 2.85 bits per heavy atom. The lowest BCUT2D eigenvalue weighted by molar-refractivity contribution is 0.0520. The first kappa shape index (κ1) is 9.98. The minimum atomic E-state index is -0.355. The topological polar surface area (TPSA) is 42.4 Å². The molecule has 0 fully saturated rings. The van der Waals surface area contributed by atoms with Gasteiger partial charge in [-0.3, -0.25) is 0 Å². The first-order chi connectivity index (χ1) is 6.15. The van der Waals surface area contributed by atoms with Gasteiger partial charge in [0, 0.05) is 19.5 Å². The number of aromatic nitrogens is 1. The third kappa shape index (κ3) is 2.42. The summed E-state index contributed by atoms with van der Waals surface area (Å²) >= 11 is 1.43. The van der Waals surface area contributed by atoms with Gasteiger partial charge in [-0.15, -0.1) is 11.3 Å². The van der Waals surface area contributed by atoms with Crippen molar-refractivity contribution in [3.05, 3.63) is 11.1 Å². The maximum Gasteiger partial charge on any atom is 0.357 e. The van der Waals surface area contributed by atoms with Crippen LogP contribution in [0.15, 0.2) is 5.38 Å². The lowest BCUT2D eigenvalue weighted by Crippen LogP contribution is -2.10. The van der Waals surface area contributed by atoms with Crippen molar-refractivity contribution in [1.82, 2.24) is 4.98 Å². The molecule has 0 aromatic carbocycles. The van der Waals surface area contributed by atoms with Crippen LogP contribution in [0.25, 0.3) is 0 Å². The first-order valence-corrected chi connectivity index (χ1v) is 4.83. The van der Waals surface area contributed by atoms with E-state index in [1.54, 1.807) is 12.3 Å². The average molecular weight is 200 g/mol. The molecule has 1 rings (SSSR count). The molecule has 4 nitrogen and oxygen atoms in total. The second kappa shape index (κ2) is 4.23. The molecule has 0 aliphatic heterocycles. The van der Waals surface area contributed by atoms with Gasteiger partial charge in [0.25, 0.3) is 0 Å². The maximum atomic E-state index is 11.2. The minimum Gasteiger partial charge on any atom is -0.461 e. The van der Waals surface area contributed by atoms with Crippen molar-refractivity contribution in [3.63, 3.8) is 0 Å². The molecule has 1 aromatic heterocycles. The van der Waals surface area contributed by atoms with Gasteiger partial charge in [0.1, 0.15) is 0 Å². The number of hydrogen-bond donors (Lipinski definition) is 0. The minimum absolute atomic E-state index is 0.355. The molecule has 0 spiro atoms. The normalized spacial score (nSPS) is 9.77. The zero-order valence-corrected chi connectivity index (χ0v) is 8.72. The fourth-order valence-corrected chi connectivity index (χ4v) is 1.50. The molecule has 1 aromatic rings. The van der Waals surface area contributed by atoms with Gasteiger partial charge in [-0.25, -0.2) is 9.78 Å². The highest BCUT2D eigenvalue weighted by Gasteiger charge is 2.11. The molecule has 0 aliphatic carbocycles. The number of rotatable bonds is 3. The van der Waals surface area contributed by atoms with E-state index in [9.17, 15) is 4.79 Å². The Kier molecular flexibility index (Phi) is 3.25. The Balaban J connectivity index is 2.73. The molecule has 0 N–H and O–H groups in total. The summed E-state index contributed by atoms with van der Waals surface area (Å²) in [4.78, 5) is 17.1. The van der Waals surface area contributed by atoms with Crippen LogP contribution in [0.1, 0.15) is 17.4 Å². The number of carbonyl (C=O) groups excluding carboxylic acids is 1. The van der Waals surface area contributed by atoms with E-state index < -0.39 is 0 Å². The van der Waals surface area contributed by atoms with Crippen LogP contribution in [-0.2, 0) is 4.74 Å². The lowest BCUT2D eigenvalue weighted by atomic mass is 10.5. The number of esters is 1. The number of hydrogen-bond acceptors (Lipinski definition) is 5. The first-order valence-electron chi connectivity index (χ1n) is 3.95. The zero-order valence-electron chi connectivity index (χ0n) is 7.90. The number of anilines is 1. The third-order valence-electron chi connectivity index (χ3n) is 1.36. The van der Waals surface area contributed by atoms with Crippen molar-refractivity contribution in [2.75, 3.05) is 25.6 Å². The Hall–Kier alpha value is -1.10. The standard InChI is InChI=1S/C8H12N2O2S/c1-4-12-7(11)6-5-13-8(9-6)10(2)3/h5H,4H2,1-3H3. The van der Waals surface area contributed by atoms with E-state index in [0.29, 0.717) is 12.3 Å². The molecule has 72 valence electrons. The highest BCUT2D eigenvalue weighted by molar-refractivity contribution is 7.13. The molecular weight excluding hydrogens is 188 g/mol. The smallest absolute Gasteiger partial charge is 0.357 e. The Labute approximate surface area is 81.2 Å². The fraction of sp³-hybridized carbons (Fsp3) is 0.500. The molecule has 0 aliphatic rings. The number of nitrogens with zero attached hydrogens (tertiary/aromatic N) is 2. The molecule has 0 atom stereocenters. The maximum absolute atomic E-state index is 11.2. The van der Waals surface area contributed by atoms with Gasteiger partial charge >= 0.3 is 5.97 Å². The lowest BCUT2D eigenvalue weighted by Gasteiger charge is -2.05. The summed E-state index contributed by atoms with van der Waals surface area (Å²) in [5.74, 6) is -0.355. The van der Waals surface area contributed by atoms with E-state index in [2.05, 4.69) is 4.98 Å². The summed E-state index contributed by atoms with van der Waals surface area (Å²) in [6.45, 7) is 2.16. The molecule has 0 saturated heterocycles. The highest BCUT2D eigenvalue weighted by Crippen LogP contribution is 2.18. The van der Waals surface area contributed by atoms with Crippen molar-refractivity contribution in [3.8, 4) is 0 Å². The molecule has 0 bridgehead atoms. The van der Waals surface area contributed by atoms with Gasteiger partial charge in [0.15, 0.2) is 10.8 Å². The van der Waals surface area contributed by atoms with E-state index in [-0.39, 0.29) is 5.97 Å². The largest absolute Gasteiger partial charge is 0.461 e. The summed E-state index contributed by atoms with van der Waals surface area (Å²) in [6, 6.07) is 0. The molecule has 13 heavy (non-hydrogen) atoms. The van der Waals surface area contributed by atoms with Crippen LogP contribution in [0, 0.1) is 0 Å². The number of carbonyl (C=O) groups is 1. The fourth-order valence-electron chi connectivity index (χ4n) is 0.768. The SMILES string of the molecule is CCOC(=O)c1csc(N(C)C)n1. The number of thiazole rings is 1. The van der Waals surface area contributed by atoms with E-state index in [4.69, 9.17) is 4.74 Å². The molecular formula is C8H12N2O2S. The Morgan fingerprint density at radius 1 is 1.69 bits per heavy atom. The summed E-state index contributed by atoms with van der Waals surface area (Å²) in [6.07, 6.45) is 0. The van der Waals surface area contributed by atoms with Crippen molar-refractivity contribution in [2.24, 2.45) is 0 Å². The summed E-state index contributed by atoms with van der Waals surface area (Å²) in [5, 5.41) is 2.51. The second-order valence-corrected chi connectivity index (χ2v) is 3.47. The van der Waals surface area contributed by atoms with Crippen LogP contribution in [0.5, 0.6) is 0 Å². The highest BCUT2D eigenvalue weighted by atomic mass is 32.1. The predicted molar refractivity (Wildman–Crippen MR) is 52.4 cm³/mol. The van der Waals surface area contributed by atoms with Gasteiger partial charge in [0.05, 0.1) is 6.61 Å². The molecule has 0 amide bonds. The predicted octanol–water partition coefficient (Wildman–Crippen LogP) is 1.39. The molecule has 0 radical (unpaired) electrons. The quantitative estimate of drug-likeness (QED) is 0.691. The average Bonchev–Trinajstić information content (AvgIpc) is 2.52. The van der Waals surface area contributed by atoms with Crippen LogP contribution in [0.4, 0.5) is 5.13 Å². The van der Waals surface area contributed by atoms with Crippen LogP contribution >= 0.6 is 11.3 Å². The van der Waals surface area contributed by atoms with E-state index in [0.717, 1.165) is 5.13 Å². The van der Waals surface area contributed by atoms with Gasteiger partial charge in [-0.05, 0) is 6.92 Å². The Morgan fingerprint density at radius 2 is 2.38 bits per heavy atom. The van der Waals surface area contributed by atoms with Crippen LogP contribution in [-0.4, -0.2) is 31.7 Å². The van der Waals surface area contributed by atoms with E-state index >= 15 is 0 Å². The van der Waals surface area contributed by atoms with Crippen molar-refractivity contribution in [1.29, 1.82) is 0 Å². The van der Waals surface area contributed by atoms with Crippen LogP contribution in [0.3, 0.4) is 0 Å². The van der Waals surface area contributed by atoms with Crippen molar-refractivity contribution < 1.29 is 9.53 Å². The van der Waals surface area contributed by atoms with Crippen LogP contribution in [0.2, 0.25) is 0 Å². The molecule has 0 saturated carbocycles. The third-order valence-corrected chi connectivity index (χ3v) is 2.37. The van der Waals surface area contributed by atoms with Gasteiger partial charge in [-0.1, -0.05) is 0 Å². The van der Waals surface area contributed by atoms with E-state index in [1.807, 2.05) is 19.0 Å². The Bertz CT molecular complexity index is 296. The molecule has 1 heterocycles. The summed E-state index contributed by atoms with van der Waals surface area (Å²) in [5.41, 5.74) is 0.385. The van der Waals surface area contributed by atoms with Crippen molar-refractivity contribution in [2.45, 2.75) is 6.92 Å². The zero-order chi connectivity index (χ0) is 9.84. The molecule has 0 unspecified atom stereocenters. The van der Waals surface area contributed by atoms with Crippen LogP contribution < -0.4 is 4.90 Å². The van der Waals surface area contributed by atoms with Gasteiger partial charge in [-0.2, -0.15) is 0 Å². The molecule has 5 heteroatoms. The number of ether oxygens (including phenoxy) is 1. The summed E-state index contributed by atoms with van der Waals surface area (Å²) < 4.78 is 4.81.